The lowest BCUT2D eigenvalue weighted by atomic mass is 10.0. The average Bonchev–Trinajstić information content (AvgIpc) is 2.45. The van der Waals surface area contributed by atoms with Crippen molar-refractivity contribution in [2.24, 2.45) is 5.73 Å². The van der Waals surface area contributed by atoms with Crippen LogP contribution in [0.1, 0.15) is 31.7 Å². The van der Waals surface area contributed by atoms with E-state index in [9.17, 15) is 0 Å². The highest BCUT2D eigenvalue weighted by molar-refractivity contribution is 9.10. The molecule has 1 fully saturated rings. The summed E-state index contributed by atoms with van der Waals surface area (Å²) in [5.41, 5.74) is 8.31. The van der Waals surface area contributed by atoms with E-state index in [0.29, 0.717) is 12.6 Å². The van der Waals surface area contributed by atoms with Gasteiger partial charge in [-0.1, -0.05) is 28.9 Å². The van der Waals surface area contributed by atoms with E-state index in [1.54, 1.807) is 0 Å². The summed E-state index contributed by atoms with van der Waals surface area (Å²) >= 11 is 3.55. The van der Waals surface area contributed by atoms with Gasteiger partial charge in [-0.15, -0.1) is 0 Å². The first-order chi connectivity index (χ1) is 9.24. The molecule has 0 aromatic heterocycles. The Balaban J connectivity index is 2.10. The molecule has 1 unspecified atom stereocenters. The zero-order valence-electron chi connectivity index (χ0n) is 11.6. The van der Waals surface area contributed by atoms with Crippen molar-refractivity contribution in [1.82, 2.24) is 0 Å². The number of benzene rings is 1. The molecule has 1 atom stereocenters. The van der Waals surface area contributed by atoms with Crippen molar-refractivity contribution >= 4 is 21.6 Å². The lowest BCUT2D eigenvalue weighted by Gasteiger charge is -2.35. The molecule has 3 nitrogen and oxygen atoms in total. The number of nitrogens with two attached hydrogens (primary N) is 1. The molecular weight excluding hydrogens is 304 g/mol. The molecule has 2 N–H and O–H groups in total. The van der Waals surface area contributed by atoms with Crippen LogP contribution in [0.5, 0.6) is 0 Å². The van der Waals surface area contributed by atoms with Gasteiger partial charge in [-0.25, -0.2) is 0 Å². The third-order valence-electron chi connectivity index (χ3n) is 3.54. The van der Waals surface area contributed by atoms with Crippen LogP contribution in [0.3, 0.4) is 0 Å². The van der Waals surface area contributed by atoms with Crippen molar-refractivity contribution < 1.29 is 4.74 Å². The van der Waals surface area contributed by atoms with Gasteiger partial charge >= 0.3 is 0 Å². The Morgan fingerprint density at radius 1 is 1.47 bits per heavy atom. The molecule has 2 rings (SSSR count). The van der Waals surface area contributed by atoms with Crippen LogP contribution < -0.4 is 10.6 Å². The minimum Gasteiger partial charge on any atom is -0.376 e. The number of rotatable bonds is 5. The molecule has 0 bridgehead atoms. The Morgan fingerprint density at radius 2 is 2.32 bits per heavy atom. The minimum absolute atomic E-state index is 0.360. The smallest absolute Gasteiger partial charge is 0.0750 e. The van der Waals surface area contributed by atoms with Gasteiger partial charge in [-0.3, -0.25) is 0 Å². The largest absolute Gasteiger partial charge is 0.376 e. The van der Waals surface area contributed by atoms with Crippen LogP contribution >= 0.6 is 15.9 Å². The number of hydrogen-bond donors (Lipinski definition) is 1. The van der Waals surface area contributed by atoms with E-state index in [2.05, 4.69) is 46.0 Å². The van der Waals surface area contributed by atoms with Gasteiger partial charge in [-0.05, 0) is 37.0 Å². The molecule has 106 valence electrons. The van der Waals surface area contributed by atoms with Crippen molar-refractivity contribution in [3.63, 3.8) is 0 Å². The molecule has 1 aliphatic heterocycles. The molecule has 0 saturated carbocycles. The summed E-state index contributed by atoms with van der Waals surface area (Å²) in [6.45, 7) is 5.67. The van der Waals surface area contributed by atoms with Gasteiger partial charge < -0.3 is 15.4 Å². The predicted molar refractivity (Wildman–Crippen MR) is 83.5 cm³/mol. The van der Waals surface area contributed by atoms with Crippen LogP contribution in [0.25, 0.3) is 0 Å². The number of nitrogens with zero attached hydrogens (tertiary/aromatic N) is 1. The summed E-state index contributed by atoms with van der Waals surface area (Å²) < 4.78 is 7.01. The normalized spacial score (nSPS) is 19.7. The van der Waals surface area contributed by atoms with E-state index in [0.717, 1.165) is 30.6 Å². The molecule has 1 aromatic carbocycles. The SMILES string of the molecule is CCCOC1CCCN(c2cc(Br)ccc2CN)C1. The average molecular weight is 327 g/mol. The number of piperidine rings is 1. The highest BCUT2D eigenvalue weighted by Gasteiger charge is 2.22. The molecule has 4 heteroatoms. The summed E-state index contributed by atoms with van der Waals surface area (Å²) in [6.07, 6.45) is 3.80. The molecule has 0 radical (unpaired) electrons. The zero-order valence-corrected chi connectivity index (χ0v) is 13.2. The van der Waals surface area contributed by atoms with E-state index in [-0.39, 0.29) is 0 Å². The number of anilines is 1. The van der Waals surface area contributed by atoms with Gasteiger partial charge in [0.05, 0.1) is 6.10 Å². The minimum atomic E-state index is 0.360. The standard InChI is InChI=1S/C15H23BrN2O/c1-2-8-19-14-4-3-7-18(11-14)15-9-13(16)6-5-12(15)10-17/h5-6,9,14H,2-4,7-8,10-11,17H2,1H3. The van der Waals surface area contributed by atoms with Gasteiger partial charge in [0, 0.05) is 36.4 Å². The molecule has 1 heterocycles. The van der Waals surface area contributed by atoms with Crippen LogP contribution in [-0.4, -0.2) is 25.8 Å². The molecule has 0 aliphatic carbocycles. The maximum Gasteiger partial charge on any atom is 0.0750 e. The quantitative estimate of drug-likeness (QED) is 0.902. The van der Waals surface area contributed by atoms with Crippen LogP contribution in [0, 0.1) is 0 Å². The monoisotopic (exact) mass is 326 g/mol. The topological polar surface area (TPSA) is 38.5 Å². The van der Waals surface area contributed by atoms with Gasteiger partial charge in [0.1, 0.15) is 0 Å². The van der Waals surface area contributed by atoms with Gasteiger partial charge in [0.15, 0.2) is 0 Å². The van der Waals surface area contributed by atoms with E-state index in [1.807, 2.05) is 0 Å². The Hall–Kier alpha value is -0.580. The first-order valence-electron chi connectivity index (χ1n) is 7.09. The van der Waals surface area contributed by atoms with Gasteiger partial charge in [0.25, 0.3) is 0 Å². The van der Waals surface area contributed by atoms with Gasteiger partial charge in [0.2, 0.25) is 0 Å². The molecular formula is C15H23BrN2O. The zero-order chi connectivity index (χ0) is 13.7. The van der Waals surface area contributed by atoms with E-state index in [4.69, 9.17) is 10.5 Å². The number of halogens is 1. The molecule has 1 aromatic rings. The van der Waals surface area contributed by atoms with E-state index in [1.165, 1.54) is 24.1 Å². The Morgan fingerprint density at radius 3 is 3.05 bits per heavy atom. The van der Waals surface area contributed by atoms with Crippen molar-refractivity contribution in [3.8, 4) is 0 Å². The van der Waals surface area contributed by atoms with Crippen LogP contribution in [0.15, 0.2) is 22.7 Å². The lowest BCUT2D eigenvalue weighted by molar-refractivity contribution is 0.0440. The lowest BCUT2D eigenvalue weighted by Crippen LogP contribution is -2.40. The summed E-state index contributed by atoms with van der Waals surface area (Å²) in [4.78, 5) is 2.41. The fourth-order valence-electron chi connectivity index (χ4n) is 2.58. The molecule has 0 spiro atoms. The second kappa shape index (κ2) is 7.27. The Bertz CT molecular complexity index is 411. The summed E-state index contributed by atoms with van der Waals surface area (Å²) in [7, 11) is 0. The van der Waals surface area contributed by atoms with Crippen molar-refractivity contribution in [2.45, 2.75) is 38.8 Å². The predicted octanol–water partition coefficient (Wildman–Crippen LogP) is 3.30. The van der Waals surface area contributed by atoms with Crippen LogP contribution in [0.4, 0.5) is 5.69 Å². The first-order valence-corrected chi connectivity index (χ1v) is 7.89. The van der Waals surface area contributed by atoms with Crippen molar-refractivity contribution in [1.29, 1.82) is 0 Å². The van der Waals surface area contributed by atoms with E-state index >= 15 is 0 Å². The summed E-state index contributed by atoms with van der Waals surface area (Å²) in [6, 6.07) is 6.33. The van der Waals surface area contributed by atoms with Crippen molar-refractivity contribution in [3.05, 3.63) is 28.2 Å². The third kappa shape index (κ3) is 3.94. The third-order valence-corrected chi connectivity index (χ3v) is 4.04. The van der Waals surface area contributed by atoms with Crippen LogP contribution in [-0.2, 0) is 11.3 Å². The summed E-state index contributed by atoms with van der Waals surface area (Å²) in [5, 5.41) is 0. The molecule has 19 heavy (non-hydrogen) atoms. The second-order valence-electron chi connectivity index (χ2n) is 5.06. The molecule has 0 amide bonds. The summed E-state index contributed by atoms with van der Waals surface area (Å²) in [5.74, 6) is 0. The molecule has 1 aliphatic rings. The number of ether oxygens (including phenoxy) is 1. The fourth-order valence-corrected chi connectivity index (χ4v) is 2.93. The van der Waals surface area contributed by atoms with Crippen molar-refractivity contribution in [2.75, 3.05) is 24.6 Å². The van der Waals surface area contributed by atoms with Gasteiger partial charge in [-0.2, -0.15) is 0 Å². The highest BCUT2D eigenvalue weighted by Crippen LogP contribution is 2.28. The van der Waals surface area contributed by atoms with Crippen LogP contribution in [0.2, 0.25) is 0 Å². The molecule has 1 saturated heterocycles. The Kier molecular flexibility index (Phi) is 5.67. The fraction of sp³-hybridized carbons (Fsp3) is 0.600. The Labute approximate surface area is 124 Å². The second-order valence-corrected chi connectivity index (χ2v) is 5.97. The maximum atomic E-state index is 5.90. The first kappa shape index (κ1) is 14.8. The highest BCUT2D eigenvalue weighted by atomic mass is 79.9. The number of hydrogen-bond acceptors (Lipinski definition) is 3. The van der Waals surface area contributed by atoms with E-state index < -0.39 is 0 Å². The maximum absolute atomic E-state index is 5.90.